The first kappa shape index (κ1) is 16.1. The Labute approximate surface area is 144 Å². The molecular formula is C18H22N4O3. The number of hydrogen-bond donors (Lipinski definition) is 2. The number of aromatic amines is 1. The van der Waals surface area contributed by atoms with Gasteiger partial charge in [-0.3, -0.25) is 14.2 Å². The molecule has 1 aliphatic heterocycles. The van der Waals surface area contributed by atoms with Crippen LogP contribution in [0.3, 0.4) is 0 Å². The Bertz CT molecular complexity index is 961. The van der Waals surface area contributed by atoms with Gasteiger partial charge in [0.1, 0.15) is 0 Å². The summed E-state index contributed by atoms with van der Waals surface area (Å²) in [5, 5.41) is 0.415. The van der Waals surface area contributed by atoms with E-state index in [1.807, 2.05) is 4.90 Å². The number of rotatable bonds is 2. The maximum atomic E-state index is 12.8. The van der Waals surface area contributed by atoms with Crippen molar-refractivity contribution in [1.82, 2.24) is 14.5 Å². The van der Waals surface area contributed by atoms with E-state index in [1.165, 1.54) is 0 Å². The number of carbonyl (C=O) groups is 1. The lowest BCUT2D eigenvalue weighted by atomic mass is 9.98. The van der Waals surface area contributed by atoms with Crippen molar-refractivity contribution in [3.8, 4) is 0 Å². The molecular weight excluding hydrogens is 320 g/mol. The van der Waals surface area contributed by atoms with Crippen LogP contribution in [0.25, 0.3) is 10.9 Å². The van der Waals surface area contributed by atoms with Gasteiger partial charge in [0.15, 0.2) is 0 Å². The van der Waals surface area contributed by atoms with Crippen molar-refractivity contribution in [2.75, 3.05) is 13.1 Å². The zero-order chi connectivity index (χ0) is 17.7. The standard InChI is InChI=1S/C18H22N4O3/c1-2-22-17(24)12-5-3-10(7-15(12)20-18(22)25)16(23)21-8-11-4-6-14(19)13(11)9-21/h3,5,7,11,13-14H,2,4,6,8-9,19H2,1H3,(H,20,25). The topological polar surface area (TPSA) is 101 Å². The van der Waals surface area contributed by atoms with Gasteiger partial charge in [-0.25, -0.2) is 4.79 Å². The summed E-state index contributed by atoms with van der Waals surface area (Å²) in [4.78, 5) is 41.7. The van der Waals surface area contributed by atoms with Crippen LogP contribution in [0.1, 0.15) is 30.1 Å². The van der Waals surface area contributed by atoms with Crippen LogP contribution in [0.4, 0.5) is 0 Å². The molecule has 1 aromatic heterocycles. The SMILES string of the molecule is CCn1c(=O)[nH]c2cc(C(=O)N3CC4CCC(N)C4C3)ccc2c1=O. The molecule has 3 atom stereocenters. The van der Waals surface area contributed by atoms with Crippen LogP contribution in [0.5, 0.6) is 0 Å². The summed E-state index contributed by atoms with van der Waals surface area (Å²) < 4.78 is 1.15. The van der Waals surface area contributed by atoms with Gasteiger partial charge >= 0.3 is 5.69 Å². The van der Waals surface area contributed by atoms with Crippen LogP contribution in [-0.2, 0) is 6.54 Å². The highest BCUT2D eigenvalue weighted by molar-refractivity contribution is 5.97. The molecule has 7 nitrogen and oxygen atoms in total. The number of benzene rings is 1. The van der Waals surface area contributed by atoms with Crippen LogP contribution in [-0.4, -0.2) is 39.5 Å². The van der Waals surface area contributed by atoms with Crippen molar-refractivity contribution in [3.63, 3.8) is 0 Å². The lowest BCUT2D eigenvalue weighted by Gasteiger charge is -2.19. The number of H-pyrrole nitrogens is 1. The Balaban J connectivity index is 1.67. The summed E-state index contributed by atoms with van der Waals surface area (Å²) in [7, 11) is 0. The molecule has 1 amide bonds. The fourth-order valence-corrected chi connectivity index (χ4v) is 4.33. The van der Waals surface area contributed by atoms with Gasteiger partial charge in [-0.05, 0) is 49.8 Å². The molecule has 0 radical (unpaired) electrons. The first-order valence-corrected chi connectivity index (χ1v) is 8.81. The summed E-state index contributed by atoms with van der Waals surface area (Å²) in [5.74, 6) is 0.820. The van der Waals surface area contributed by atoms with Crippen LogP contribution in [0.15, 0.2) is 27.8 Å². The van der Waals surface area contributed by atoms with Gasteiger partial charge in [-0.1, -0.05) is 0 Å². The number of aromatic nitrogens is 2. The highest BCUT2D eigenvalue weighted by Crippen LogP contribution is 2.37. The van der Waals surface area contributed by atoms with Gasteiger partial charge in [-0.15, -0.1) is 0 Å². The average molecular weight is 342 g/mol. The second-order valence-corrected chi connectivity index (χ2v) is 7.12. The number of amides is 1. The number of fused-ring (bicyclic) bond motifs is 2. The number of nitrogens with two attached hydrogens (primary N) is 1. The number of likely N-dealkylation sites (tertiary alicyclic amines) is 1. The van der Waals surface area contributed by atoms with E-state index in [-0.39, 0.29) is 17.5 Å². The molecule has 1 aromatic carbocycles. The molecule has 2 fully saturated rings. The van der Waals surface area contributed by atoms with E-state index in [2.05, 4.69) is 4.98 Å². The summed E-state index contributed by atoms with van der Waals surface area (Å²) in [5.41, 5.74) is 6.25. The van der Waals surface area contributed by atoms with Crippen molar-refractivity contribution < 1.29 is 4.79 Å². The molecule has 7 heteroatoms. The largest absolute Gasteiger partial charge is 0.338 e. The Kier molecular flexibility index (Phi) is 3.76. The number of hydrogen-bond acceptors (Lipinski definition) is 4. The minimum absolute atomic E-state index is 0.0657. The average Bonchev–Trinajstić information content (AvgIpc) is 3.16. The van der Waals surface area contributed by atoms with Crippen molar-refractivity contribution in [2.24, 2.45) is 17.6 Å². The number of nitrogens with one attached hydrogen (secondary N) is 1. The lowest BCUT2D eigenvalue weighted by Crippen LogP contribution is -2.35. The molecule has 1 aliphatic carbocycles. The minimum atomic E-state index is -0.453. The first-order valence-electron chi connectivity index (χ1n) is 8.81. The molecule has 132 valence electrons. The molecule has 3 unspecified atom stereocenters. The Morgan fingerprint density at radius 2 is 2.08 bits per heavy atom. The summed E-state index contributed by atoms with van der Waals surface area (Å²) in [6.45, 7) is 3.48. The second-order valence-electron chi connectivity index (χ2n) is 7.12. The lowest BCUT2D eigenvalue weighted by molar-refractivity contribution is 0.0779. The monoisotopic (exact) mass is 342 g/mol. The fraction of sp³-hybridized carbons (Fsp3) is 0.500. The van der Waals surface area contributed by atoms with E-state index in [0.29, 0.717) is 41.4 Å². The summed E-state index contributed by atoms with van der Waals surface area (Å²) in [6, 6.07) is 5.07. The normalized spacial score (nSPS) is 25.5. The first-order chi connectivity index (χ1) is 12.0. The van der Waals surface area contributed by atoms with Crippen molar-refractivity contribution in [2.45, 2.75) is 32.4 Å². The highest BCUT2D eigenvalue weighted by Gasteiger charge is 2.42. The van der Waals surface area contributed by atoms with Crippen LogP contribution in [0, 0.1) is 11.8 Å². The molecule has 25 heavy (non-hydrogen) atoms. The van der Waals surface area contributed by atoms with E-state index in [1.54, 1.807) is 25.1 Å². The van der Waals surface area contributed by atoms with Crippen LogP contribution in [0.2, 0.25) is 0 Å². The molecule has 2 aliphatic rings. The van der Waals surface area contributed by atoms with Crippen molar-refractivity contribution in [3.05, 3.63) is 44.6 Å². The summed E-state index contributed by atoms with van der Waals surface area (Å²) in [6.07, 6.45) is 2.12. The fourth-order valence-electron chi connectivity index (χ4n) is 4.33. The molecule has 0 spiro atoms. The van der Waals surface area contributed by atoms with Crippen LogP contribution >= 0.6 is 0 Å². The second kappa shape index (κ2) is 5.84. The van der Waals surface area contributed by atoms with E-state index in [9.17, 15) is 14.4 Å². The molecule has 2 aromatic rings. The molecule has 1 saturated carbocycles. The predicted molar refractivity (Wildman–Crippen MR) is 94.6 cm³/mol. The Morgan fingerprint density at radius 3 is 2.80 bits per heavy atom. The molecule has 1 saturated heterocycles. The zero-order valence-electron chi connectivity index (χ0n) is 14.2. The van der Waals surface area contributed by atoms with Gasteiger partial charge < -0.3 is 15.6 Å². The highest BCUT2D eigenvalue weighted by atomic mass is 16.2. The van der Waals surface area contributed by atoms with E-state index < -0.39 is 5.69 Å². The van der Waals surface area contributed by atoms with E-state index in [0.717, 1.165) is 24.0 Å². The van der Waals surface area contributed by atoms with Gasteiger partial charge in [-0.2, -0.15) is 0 Å². The maximum Gasteiger partial charge on any atom is 0.328 e. The van der Waals surface area contributed by atoms with Crippen molar-refractivity contribution >= 4 is 16.8 Å². The third kappa shape index (κ3) is 2.50. The van der Waals surface area contributed by atoms with E-state index >= 15 is 0 Å². The van der Waals surface area contributed by atoms with Gasteiger partial charge in [0, 0.05) is 31.2 Å². The van der Waals surface area contributed by atoms with Gasteiger partial charge in [0.25, 0.3) is 11.5 Å². The third-order valence-corrected chi connectivity index (χ3v) is 5.74. The molecule has 4 rings (SSSR count). The minimum Gasteiger partial charge on any atom is -0.338 e. The zero-order valence-corrected chi connectivity index (χ0v) is 14.2. The molecule has 0 bridgehead atoms. The smallest absolute Gasteiger partial charge is 0.328 e. The molecule has 3 N–H and O–H groups in total. The van der Waals surface area contributed by atoms with Gasteiger partial charge in [0.2, 0.25) is 0 Å². The quantitative estimate of drug-likeness (QED) is 0.831. The summed E-state index contributed by atoms with van der Waals surface area (Å²) >= 11 is 0. The Morgan fingerprint density at radius 1 is 1.28 bits per heavy atom. The van der Waals surface area contributed by atoms with Crippen LogP contribution < -0.4 is 17.0 Å². The molecule has 2 heterocycles. The maximum absolute atomic E-state index is 12.8. The van der Waals surface area contributed by atoms with Crippen molar-refractivity contribution in [1.29, 1.82) is 0 Å². The number of nitrogens with zero attached hydrogens (tertiary/aromatic N) is 2. The predicted octanol–water partition coefficient (Wildman–Crippen LogP) is 0.519. The third-order valence-electron chi connectivity index (χ3n) is 5.74. The van der Waals surface area contributed by atoms with Gasteiger partial charge in [0.05, 0.1) is 10.9 Å². The number of carbonyl (C=O) groups excluding carboxylic acids is 1. The van der Waals surface area contributed by atoms with E-state index in [4.69, 9.17) is 5.73 Å². The Hall–Kier alpha value is -2.41.